The van der Waals surface area contributed by atoms with Gasteiger partial charge in [0.2, 0.25) is 18.6 Å². The number of hydrogen-bond donors (Lipinski definition) is 1. The van der Waals surface area contributed by atoms with Gasteiger partial charge in [0.25, 0.3) is 0 Å². The first-order valence-corrected chi connectivity index (χ1v) is 10.4. The van der Waals surface area contributed by atoms with Crippen LogP contribution in [0.2, 0.25) is 0 Å². The Morgan fingerprint density at radius 2 is 1.90 bits per heavy atom. The van der Waals surface area contributed by atoms with Crippen LogP contribution in [0.3, 0.4) is 0 Å². The van der Waals surface area contributed by atoms with Gasteiger partial charge in [-0.25, -0.2) is 0 Å². The number of ether oxygens (including phenoxy) is 2. The predicted octanol–water partition coefficient (Wildman–Crippen LogP) is 3.91. The molecule has 1 N–H and O–H groups in total. The molecule has 1 fully saturated rings. The topological polar surface area (TPSA) is 67.9 Å². The normalized spacial score (nSPS) is 22.3. The Bertz CT molecular complexity index is 1020. The van der Waals surface area contributed by atoms with Gasteiger partial charge in [-0.05, 0) is 55.5 Å². The molecule has 5 rings (SSSR count). The van der Waals surface area contributed by atoms with Gasteiger partial charge in [-0.2, -0.15) is 0 Å². The summed E-state index contributed by atoms with van der Waals surface area (Å²) in [5.74, 6) is 1.47. The van der Waals surface area contributed by atoms with Gasteiger partial charge < -0.3 is 14.8 Å². The van der Waals surface area contributed by atoms with Crippen LogP contribution >= 0.6 is 0 Å². The summed E-state index contributed by atoms with van der Waals surface area (Å²) >= 11 is 0. The standard InChI is InChI=1S/C24H24N2O4/c27-22-11-13-24(12-5-4-8-21(24)26(22)18-6-2-1-3-7-18)23(28)25-15-17-9-10-19-20(14-17)30-16-29-19/h1-3,6-10,14H,4-5,11-13,15-16H2,(H,25,28). The summed E-state index contributed by atoms with van der Waals surface area (Å²) in [5.41, 5.74) is 1.94. The molecular formula is C24H24N2O4. The molecule has 2 aliphatic heterocycles. The zero-order valence-electron chi connectivity index (χ0n) is 16.7. The van der Waals surface area contributed by atoms with Crippen molar-refractivity contribution >= 4 is 17.5 Å². The Balaban J connectivity index is 1.40. The molecule has 3 aliphatic rings. The molecular weight excluding hydrogens is 380 g/mol. The average molecular weight is 404 g/mol. The maximum Gasteiger partial charge on any atom is 0.232 e. The molecule has 0 aromatic heterocycles. The lowest BCUT2D eigenvalue weighted by Crippen LogP contribution is -2.53. The number of nitrogens with one attached hydrogen (secondary N) is 1. The molecule has 1 unspecified atom stereocenters. The van der Waals surface area contributed by atoms with Crippen LogP contribution < -0.4 is 19.7 Å². The van der Waals surface area contributed by atoms with Crippen LogP contribution in [-0.4, -0.2) is 18.6 Å². The third kappa shape index (κ3) is 3.12. The molecule has 2 amide bonds. The van der Waals surface area contributed by atoms with E-state index in [1.54, 1.807) is 4.90 Å². The van der Waals surface area contributed by atoms with Gasteiger partial charge in [-0.15, -0.1) is 0 Å². The van der Waals surface area contributed by atoms with Crippen molar-refractivity contribution in [1.29, 1.82) is 0 Å². The Kier molecular flexibility index (Phi) is 4.69. The van der Waals surface area contributed by atoms with Crippen LogP contribution in [-0.2, 0) is 16.1 Å². The second-order valence-electron chi connectivity index (χ2n) is 8.00. The lowest BCUT2D eigenvalue weighted by molar-refractivity contribution is -0.132. The van der Waals surface area contributed by atoms with Gasteiger partial charge in [0.15, 0.2) is 11.5 Å². The zero-order valence-corrected chi connectivity index (χ0v) is 16.7. The number of rotatable bonds is 4. The Morgan fingerprint density at radius 3 is 2.77 bits per heavy atom. The summed E-state index contributed by atoms with van der Waals surface area (Å²) in [6.45, 7) is 0.634. The Labute approximate surface area is 175 Å². The lowest BCUT2D eigenvalue weighted by Gasteiger charge is -2.45. The molecule has 0 bridgehead atoms. The van der Waals surface area contributed by atoms with Gasteiger partial charge in [0.1, 0.15) is 0 Å². The monoisotopic (exact) mass is 404 g/mol. The first kappa shape index (κ1) is 18.7. The van der Waals surface area contributed by atoms with Crippen molar-refractivity contribution in [3.05, 3.63) is 65.9 Å². The van der Waals surface area contributed by atoms with Gasteiger partial charge in [-0.1, -0.05) is 30.3 Å². The number of anilines is 1. The van der Waals surface area contributed by atoms with Crippen molar-refractivity contribution in [2.24, 2.45) is 5.41 Å². The maximum absolute atomic E-state index is 13.5. The van der Waals surface area contributed by atoms with Crippen molar-refractivity contribution in [2.45, 2.75) is 38.6 Å². The minimum absolute atomic E-state index is 0.0143. The third-order valence-electron chi connectivity index (χ3n) is 6.23. The van der Waals surface area contributed by atoms with E-state index < -0.39 is 5.41 Å². The van der Waals surface area contributed by atoms with Gasteiger partial charge in [-0.3, -0.25) is 14.5 Å². The van der Waals surface area contributed by atoms with Crippen molar-refractivity contribution in [1.82, 2.24) is 5.32 Å². The van der Waals surface area contributed by atoms with E-state index in [4.69, 9.17) is 9.47 Å². The summed E-state index contributed by atoms with van der Waals surface area (Å²) in [6, 6.07) is 15.3. The highest BCUT2D eigenvalue weighted by atomic mass is 16.7. The van der Waals surface area contributed by atoms with Crippen LogP contribution in [0.15, 0.2) is 60.3 Å². The summed E-state index contributed by atoms with van der Waals surface area (Å²) in [4.78, 5) is 28.1. The Hall–Kier alpha value is -3.28. The van der Waals surface area contributed by atoms with Crippen LogP contribution in [0.5, 0.6) is 11.5 Å². The number of carbonyl (C=O) groups is 2. The number of para-hydroxylation sites is 1. The molecule has 30 heavy (non-hydrogen) atoms. The first-order valence-electron chi connectivity index (χ1n) is 10.4. The van der Waals surface area contributed by atoms with Crippen LogP contribution in [0.4, 0.5) is 5.69 Å². The van der Waals surface area contributed by atoms with Gasteiger partial charge >= 0.3 is 0 Å². The van der Waals surface area contributed by atoms with Gasteiger partial charge in [0.05, 0.1) is 5.41 Å². The molecule has 1 atom stereocenters. The third-order valence-corrected chi connectivity index (χ3v) is 6.23. The van der Waals surface area contributed by atoms with E-state index in [1.807, 2.05) is 48.5 Å². The second kappa shape index (κ2) is 7.52. The molecule has 0 spiro atoms. The van der Waals surface area contributed by atoms with Gasteiger partial charge in [0, 0.05) is 24.4 Å². The van der Waals surface area contributed by atoms with Crippen molar-refractivity contribution < 1.29 is 19.1 Å². The molecule has 1 saturated heterocycles. The Morgan fingerprint density at radius 1 is 1.07 bits per heavy atom. The van der Waals surface area contributed by atoms with Crippen LogP contribution in [0, 0.1) is 5.41 Å². The number of fused-ring (bicyclic) bond motifs is 2. The highest BCUT2D eigenvalue weighted by Crippen LogP contribution is 2.48. The molecule has 0 saturated carbocycles. The molecule has 154 valence electrons. The summed E-state index contributed by atoms with van der Waals surface area (Å²) in [5, 5.41) is 3.12. The molecule has 0 radical (unpaired) electrons. The predicted molar refractivity (Wildman–Crippen MR) is 112 cm³/mol. The molecule has 2 aromatic carbocycles. The molecule has 2 aromatic rings. The fourth-order valence-electron chi connectivity index (χ4n) is 4.70. The summed E-state index contributed by atoms with van der Waals surface area (Å²) in [7, 11) is 0. The van der Waals surface area contributed by atoms with E-state index >= 15 is 0 Å². The van der Waals surface area contributed by atoms with Crippen molar-refractivity contribution in [3.63, 3.8) is 0 Å². The van der Waals surface area contributed by atoms with Crippen LogP contribution in [0.1, 0.15) is 37.7 Å². The van der Waals surface area contributed by atoms with E-state index in [0.29, 0.717) is 25.1 Å². The lowest BCUT2D eigenvalue weighted by atomic mass is 9.69. The van der Waals surface area contributed by atoms with E-state index in [-0.39, 0.29) is 18.6 Å². The second-order valence-corrected chi connectivity index (χ2v) is 8.00. The largest absolute Gasteiger partial charge is 0.454 e. The van der Waals surface area contributed by atoms with E-state index in [1.165, 1.54) is 0 Å². The number of nitrogens with zero attached hydrogens (tertiary/aromatic N) is 1. The zero-order chi connectivity index (χ0) is 20.6. The number of amides is 2. The number of piperidine rings is 1. The molecule has 6 heteroatoms. The van der Waals surface area contributed by atoms with E-state index in [2.05, 4.69) is 11.4 Å². The quantitative estimate of drug-likeness (QED) is 0.839. The van der Waals surface area contributed by atoms with Crippen molar-refractivity contribution in [2.75, 3.05) is 11.7 Å². The maximum atomic E-state index is 13.5. The highest BCUT2D eigenvalue weighted by Gasteiger charge is 2.49. The highest BCUT2D eigenvalue weighted by molar-refractivity contribution is 6.02. The summed E-state index contributed by atoms with van der Waals surface area (Å²) in [6.07, 6.45) is 5.56. The fourth-order valence-corrected chi connectivity index (χ4v) is 4.70. The smallest absolute Gasteiger partial charge is 0.232 e. The first-order chi connectivity index (χ1) is 14.7. The molecule has 2 heterocycles. The fraction of sp³-hybridized carbons (Fsp3) is 0.333. The van der Waals surface area contributed by atoms with Crippen molar-refractivity contribution in [3.8, 4) is 11.5 Å². The van der Waals surface area contributed by atoms with Crippen LogP contribution in [0.25, 0.3) is 0 Å². The number of carbonyl (C=O) groups excluding carboxylic acids is 2. The minimum atomic E-state index is -0.668. The number of benzene rings is 2. The SMILES string of the molecule is O=C1CCC2(C(=O)NCc3ccc4c(c3)OCO4)CCCC=C2N1c1ccccc1. The number of hydrogen-bond acceptors (Lipinski definition) is 4. The summed E-state index contributed by atoms with van der Waals surface area (Å²) < 4.78 is 10.8. The van der Waals surface area contributed by atoms with E-state index in [9.17, 15) is 9.59 Å². The minimum Gasteiger partial charge on any atom is -0.454 e. The van der Waals surface area contributed by atoms with E-state index in [0.717, 1.165) is 42.0 Å². The molecule has 1 aliphatic carbocycles. The average Bonchev–Trinajstić information content (AvgIpc) is 3.26. The molecule has 6 nitrogen and oxygen atoms in total. The number of allylic oxidation sites excluding steroid dienone is 1.